The average molecular weight is 192 g/mol. The lowest BCUT2D eigenvalue weighted by Gasteiger charge is -2.14. The van der Waals surface area contributed by atoms with E-state index in [9.17, 15) is 4.79 Å². The summed E-state index contributed by atoms with van der Waals surface area (Å²) in [7, 11) is 4.05. The monoisotopic (exact) mass is 192 g/mol. The average Bonchev–Trinajstić information content (AvgIpc) is 2.11. The van der Waals surface area contributed by atoms with Crippen molar-refractivity contribution in [3.63, 3.8) is 0 Å². The van der Waals surface area contributed by atoms with Crippen molar-refractivity contribution in [2.75, 3.05) is 19.4 Å². The van der Waals surface area contributed by atoms with Gasteiger partial charge in [-0.1, -0.05) is 12.1 Å². The number of carbonyl (C=O) groups excluding carboxylic acids is 1. The predicted octanol–water partition coefficient (Wildman–Crippen LogP) is 1.62. The van der Waals surface area contributed by atoms with Crippen molar-refractivity contribution in [1.29, 1.82) is 0 Å². The molecule has 0 bridgehead atoms. The molecule has 0 aliphatic carbocycles. The lowest BCUT2D eigenvalue weighted by Crippen LogP contribution is -2.12. The highest BCUT2D eigenvalue weighted by Crippen LogP contribution is 2.18. The fraction of sp³-hybridized carbons (Fsp3) is 0.364. The summed E-state index contributed by atoms with van der Waals surface area (Å²) in [5.41, 5.74) is 3.26. The molecule has 1 amide bonds. The normalized spacial score (nSPS) is 10.3. The van der Waals surface area contributed by atoms with Gasteiger partial charge in [-0.15, -0.1) is 0 Å². The van der Waals surface area contributed by atoms with Gasteiger partial charge in [-0.2, -0.15) is 0 Å². The van der Waals surface area contributed by atoms with E-state index in [1.54, 1.807) is 0 Å². The molecule has 0 unspecified atom stereocenters. The molecule has 0 heterocycles. The maximum Gasteiger partial charge on any atom is 0.211 e. The second-order valence-corrected chi connectivity index (χ2v) is 3.59. The minimum atomic E-state index is 0.710. The first-order chi connectivity index (χ1) is 6.65. The van der Waals surface area contributed by atoms with Gasteiger partial charge in [0.15, 0.2) is 0 Å². The largest absolute Gasteiger partial charge is 0.328 e. The molecule has 3 heteroatoms. The molecule has 0 spiro atoms. The van der Waals surface area contributed by atoms with Crippen molar-refractivity contribution in [2.24, 2.45) is 0 Å². The fourth-order valence-corrected chi connectivity index (χ4v) is 1.42. The van der Waals surface area contributed by atoms with Crippen LogP contribution in [0.15, 0.2) is 18.2 Å². The lowest BCUT2D eigenvalue weighted by atomic mass is 10.1. The topological polar surface area (TPSA) is 32.3 Å². The summed E-state index contributed by atoms with van der Waals surface area (Å²) < 4.78 is 0. The first kappa shape index (κ1) is 10.7. The third-order valence-electron chi connectivity index (χ3n) is 2.15. The van der Waals surface area contributed by atoms with Gasteiger partial charge in [-0.25, -0.2) is 0 Å². The van der Waals surface area contributed by atoms with Crippen molar-refractivity contribution < 1.29 is 4.79 Å². The molecular formula is C11H16N2O. The number of nitrogens with zero attached hydrogens (tertiary/aromatic N) is 1. The van der Waals surface area contributed by atoms with Crippen LogP contribution in [-0.4, -0.2) is 25.4 Å². The number of rotatable bonds is 4. The van der Waals surface area contributed by atoms with Crippen LogP contribution in [0, 0.1) is 6.92 Å². The van der Waals surface area contributed by atoms with E-state index in [0.717, 1.165) is 17.8 Å². The Bertz CT molecular complexity index is 321. The molecular weight excluding hydrogens is 176 g/mol. The Kier molecular flexibility index (Phi) is 3.65. The summed E-state index contributed by atoms with van der Waals surface area (Å²) in [6, 6.07) is 5.94. The fourth-order valence-electron chi connectivity index (χ4n) is 1.42. The van der Waals surface area contributed by atoms with Crippen molar-refractivity contribution in [3.05, 3.63) is 29.3 Å². The highest BCUT2D eigenvalue weighted by atomic mass is 16.1. The SMILES string of the molecule is Cc1c(CN(C)C)cccc1NC=O. The molecule has 76 valence electrons. The molecule has 0 saturated heterocycles. The third-order valence-corrected chi connectivity index (χ3v) is 2.15. The van der Waals surface area contributed by atoms with Gasteiger partial charge in [0.2, 0.25) is 6.41 Å². The first-order valence-electron chi connectivity index (χ1n) is 4.58. The maximum absolute atomic E-state index is 10.3. The van der Waals surface area contributed by atoms with E-state index in [4.69, 9.17) is 0 Å². The van der Waals surface area contributed by atoms with E-state index in [1.165, 1.54) is 5.56 Å². The molecule has 3 nitrogen and oxygen atoms in total. The number of anilines is 1. The second kappa shape index (κ2) is 4.77. The van der Waals surface area contributed by atoms with Gasteiger partial charge >= 0.3 is 0 Å². The van der Waals surface area contributed by atoms with Gasteiger partial charge in [-0.3, -0.25) is 4.79 Å². The number of hydrogen-bond donors (Lipinski definition) is 1. The molecule has 0 radical (unpaired) electrons. The number of carbonyl (C=O) groups is 1. The van der Waals surface area contributed by atoms with Gasteiger partial charge in [-0.05, 0) is 38.2 Å². The van der Waals surface area contributed by atoms with E-state index in [1.807, 2.05) is 33.2 Å². The smallest absolute Gasteiger partial charge is 0.211 e. The predicted molar refractivity (Wildman–Crippen MR) is 58.3 cm³/mol. The van der Waals surface area contributed by atoms with Crippen LogP contribution in [-0.2, 0) is 11.3 Å². The Labute approximate surface area is 84.7 Å². The summed E-state index contributed by atoms with van der Waals surface area (Å²) in [5, 5.41) is 2.69. The molecule has 0 aliphatic rings. The van der Waals surface area contributed by atoms with Crippen LogP contribution in [0.25, 0.3) is 0 Å². The Morgan fingerprint density at radius 2 is 2.14 bits per heavy atom. The summed E-state index contributed by atoms with van der Waals surface area (Å²) in [4.78, 5) is 12.4. The maximum atomic E-state index is 10.3. The van der Waals surface area contributed by atoms with Crippen LogP contribution in [0.3, 0.4) is 0 Å². The summed E-state index contributed by atoms with van der Waals surface area (Å²) in [6.07, 6.45) is 0.710. The number of amides is 1. The third kappa shape index (κ3) is 2.57. The molecule has 1 aromatic rings. The van der Waals surface area contributed by atoms with Gasteiger partial charge < -0.3 is 10.2 Å². The molecule has 0 aromatic heterocycles. The van der Waals surface area contributed by atoms with E-state index >= 15 is 0 Å². The number of nitrogens with one attached hydrogen (secondary N) is 1. The lowest BCUT2D eigenvalue weighted by molar-refractivity contribution is -0.105. The molecule has 0 fully saturated rings. The van der Waals surface area contributed by atoms with E-state index in [2.05, 4.69) is 16.3 Å². The highest BCUT2D eigenvalue weighted by Gasteiger charge is 2.03. The summed E-state index contributed by atoms with van der Waals surface area (Å²) >= 11 is 0. The van der Waals surface area contributed by atoms with Crippen LogP contribution in [0.2, 0.25) is 0 Å². The van der Waals surface area contributed by atoms with Gasteiger partial charge in [0.1, 0.15) is 0 Å². The zero-order valence-electron chi connectivity index (χ0n) is 8.87. The Hall–Kier alpha value is -1.35. The minimum absolute atomic E-state index is 0.710. The standard InChI is InChI=1S/C11H16N2O/c1-9-10(7-13(2)3)5-4-6-11(9)12-8-14/h4-6,8H,7H2,1-3H3,(H,12,14). The van der Waals surface area contributed by atoms with E-state index in [-0.39, 0.29) is 0 Å². The Morgan fingerprint density at radius 1 is 1.43 bits per heavy atom. The van der Waals surface area contributed by atoms with Crippen molar-refractivity contribution in [3.8, 4) is 0 Å². The zero-order chi connectivity index (χ0) is 10.6. The van der Waals surface area contributed by atoms with Crippen LogP contribution < -0.4 is 5.32 Å². The summed E-state index contributed by atoms with van der Waals surface area (Å²) in [5.74, 6) is 0. The molecule has 0 aliphatic heterocycles. The number of hydrogen-bond acceptors (Lipinski definition) is 2. The zero-order valence-corrected chi connectivity index (χ0v) is 8.87. The summed E-state index contributed by atoms with van der Waals surface area (Å²) in [6.45, 7) is 2.91. The first-order valence-corrected chi connectivity index (χ1v) is 4.58. The molecule has 1 rings (SSSR count). The van der Waals surface area contributed by atoms with Crippen LogP contribution in [0.4, 0.5) is 5.69 Å². The van der Waals surface area contributed by atoms with Gasteiger partial charge in [0, 0.05) is 12.2 Å². The van der Waals surface area contributed by atoms with E-state index < -0.39 is 0 Å². The molecule has 1 aromatic carbocycles. The molecule has 1 N–H and O–H groups in total. The Morgan fingerprint density at radius 3 is 2.71 bits per heavy atom. The van der Waals surface area contributed by atoms with Crippen molar-refractivity contribution in [1.82, 2.24) is 4.90 Å². The van der Waals surface area contributed by atoms with Gasteiger partial charge in [0.25, 0.3) is 0 Å². The van der Waals surface area contributed by atoms with Crippen molar-refractivity contribution >= 4 is 12.1 Å². The Balaban J connectivity index is 2.94. The molecule has 0 atom stereocenters. The quantitative estimate of drug-likeness (QED) is 0.735. The molecule has 14 heavy (non-hydrogen) atoms. The van der Waals surface area contributed by atoms with Gasteiger partial charge in [0.05, 0.1) is 0 Å². The van der Waals surface area contributed by atoms with Crippen LogP contribution >= 0.6 is 0 Å². The van der Waals surface area contributed by atoms with Crippen molar-refractivity contribution in [2.45, 2.75) is 13.5 Å². The van der Waals surface area contributed by atoms with E-state index in [0.29, 0.717) is 6.41 Å². The van der Waals surface area contributed by atoms with Crippen LogP contribution in [0.5, 0.6) is 0 Å². The highest BCUT2D eigenvalue weighted by molar-refractivity contribution is 5.73. The van der Waals surface area contributed by atoms with Crippen LogP contribution in [0.1, 0.15) is 11.1 Å². The molecule has 0 saturated carbocycles. The minimum Gasteiger partial charge on any atom is -0.328 e. The second-order valence-electron chi connectivity index (χ2n) is 3.59. The number of benzene rings is 1.